The summed E-state index contributed by atoms with van der Waals surface area (Å²) < 4.78 is 5.29. The largest absolute Gasteiger partial charge is 0.397 e. The normalized spacial score (nSPS) is 21.0. The van der Waals surface area contributed by atoms with Gasteiger partial charge in [-0.1, -0.05) is 0 Å². The Balaban J connectivity index is 1.88. The van der Waals surface area contributed by atoms with Crippen molar-refractivity contribution in [2.45, 2.75) is 6.42 Å². The number of rotatable bonds is 3. The molecular weight excluding hydrogens is 178 g/mol. The average molecular weight is 193 g/mol. The molecule has 0 spiro atoms. The zero-order valence-electron chi connectivity index (χ0n) is 8.07. The summed E-state index contributed by atoms with van der Waals surface area (Å²) >= 11 is 0. The van der Waals surface area contributed by atoms with Gasteiger partial charge >= 0.3 is 0 Å². The Morgan fingerprint density at radius 1 is 1.64 bits per heavy atom. The van der Waals surface area contributed by atoms with Crippen LogP contribution >= 0.6 is 0 Å². The number of hydrogen-bond donors (Lipinski definition) is 2. The molecule has 1 saturated heterocycles. The Morgan fingerprint density at radius 3 is 3.29 bits per heavy atom. The minimum atomic E-state index is 0.606. The molecule has 1 aromatic rings. The zero-order chi connectivity index (χ0) is 9.80. The third kappa shape index (κ3) is 2.14. The third-order valence-corrected chi connectivity index (χ3v) is 2.46. The van der Waals surface area contributed by atoms with Gasteiger partial charge in [0.25, 0.3) is 0 Å². The molecule has 2 rings (SSSR count). The Labute approximate surface area is 83.5 Å². The second-order valence-corrected chi connectivity index (χ2v) is 3.57. The van der Waals surface area contributed by atoms with Crippen LogP contribution in [0.4, 0.5) is 11.4 Å². The first kappa shape index (κ1) is 9.27. The maximum atomic E-state index is 5.77. The van der Waals surface area contributed by atoms with Crippen LogP contribution in [0.15, 0.2) is 18.5 Å². The van der Waals surface area contributed by atoms with E-state index < -0.39 is 0 Å². The number of nitrogens with two attached hydrogens (primary N) is 1. The van der Waals surface area contributed by atoms with Gasteiger partial charge in [0.2, 0.25) is 0 Å². The molecule has 1 aliphatic rings. The highest BCUT2D eigenvalue weighted by Gasteiger charge is 2.15. The minimum absolute atomic E-state index is 0.606. The van der Waals surface area contributed by atoms with Gasteiger partial charge in [-0.25, -0.2) is 0 Å². The summed E-state index contributed by atoms with van der Waals surface area (Å²) in [6, 6.07) is 1.80. The second kappa shape index (κ2) is 4.28. The Hall–Kier alpha value is -1.29. The van der Waals surface area contributed by atoms with Crippen LogP contribution in [0.1, 0.15) is 6.42 Å². The van der Waals surface area contributed by atoms with Gasteiger partial charge in [-0.3, -0.25) is 4.98 Å². The number of aromatic nitrogens is 1. The van der Waals surface area contributed by atoms with Gasteiger partial charge in [-0.05, 0) is 12.5 Å². The molecule has 1 aliphatic heterocycles. The van der Waals surface area contributed by atoms with Gasteiger partial charge in [0.15, 0.2) is 0 Å². The van der Waals surface area contributed by atoms with E-state index in [1.54, 1.807) is 18.5 Å². The van der Waals surface area contributed by atoms with Gasteiger partial charge in [0, 0.05) is 25.3 Å². The van der Waals surface area contributed by atoms with E-state index in [1.165, 1.54) is 0 Å². The van der Waals surface area contributed by atoms with E-state index in [-0.39, 0.29) is 0 Å². The molecule has 0 amide bonds. The summed E-state index contributed by atoms with van der Waals surface area (Å²) in [5, 5.41) is 3.29. The SMILES string of the molecule is Nc1ccncc1NCC1CCOC1. The number of anilines is 2. The molecule has 0 radical (unpaired) electrons. The lowest BCUT2D eigenvalue weighted by atomic mass is 10.1. The van der Waals surface area contributed by atoms with Crippen LogP contribution in [0.3, 0.4) is 0 Å². The van der Waals surface area contributed by atoms with Crippen LogP contribution < -0.4 is 11.1 Å². The van der Waals surface area contributed by atoms with Crippen LogP contribution in [0.2, 0.25) is 0 Å². The molecule has 1 atom stereocenters. The molecule has 0 bridgehead atoms. The van der Waals surface area contributed by atoms with Gasteiger partial charge < -0.3 is 15.8 Å². The third-order valence-electron chi connectivity index (χ3n) is 2.46. The lowest BCUT2D eigenvalue weighted by Crippen LogP contribution is -2.14. The maximum Gasteiger partial charge on any atom is 0.0760 e. The number of nitrogen functional groups attached to an aromatic ring is 1. The molecule has 76 valence electrons. The minimum Gasteiger partial charge on any atom is -0.397 e. The molecule has 1 unspecified atom stereocenters. The molecule has 4 heteroatoms. The van der Waals surface area contributed by atoms with Gasteiger partial charge in [0.05, 0.1) is 24.2 Å². The van der Waals surface area contributed by atoms with E-state index >= 15 is 0 Å². The first-order chi connectivity index (χ1) is 6.86. The van der Waals surface area contributed by atoms with Crippen molar-refractivity contribution in [3.05, 3.63) is 18.5 Å². The lowest BCUT2D eigenvalue weighted by molar-refractivity contribution is 0.187. The number of ether oxygens (including phenoxy) is 1. The summed E-state index contributed by atoms with van der Waals surface area (Å²) in [5.41, 5.74) is 7.44. The first-order valence-electron chi connectivity index (χ1n) is 4.87. The summed E-state index contributed by atoms with van der Waals surface area (Å²) in [5.74, 6) is 0.606. The van der Waals surface area contributed by atoms with Crippen molar-refractivity contribution < 1.29 is 4.74 Å². The molecule has 4 nitrogen and oxygen atoms in total. The molecule has 0 aromatic carbocycles. The van der Waals surface area contributed by atoms with E-state index in [1.807, 2.05) is 0 Å². The Morgan fingerprint density at radius 2 is 2.57 bits per heavy atom. The molecule has 1 aromatic heterocycles. The summed E-state index contributed by atoms with van der Waals surface area (Å²) in [6.07, 6.45) is 4.58. The van der Waals surface area contributed by atoms with E-state index in [0.717, 1.165) is 37.6 Å². The molecule has 0 aliphatic carbocycles. The van der Waals surface area contributed by atoms with Crippen LogP contribution in [0.5, 0.6) is 0 Å². The van der Waals surface area contributed by atoms with E-state index in [2.05, 4.69) is 10.3 Å². The predicted octanol–water partition coefficient (Wildman–Crippen LogP) is 1.11. The predicted molar refractivity (Wildman–Crippen MR) is 56.1 cm³/mol. The summed E-state index contributed by atoms with van der Waals surface area (Å²) in [6.45, 7) is 2.65. The zero-order valence-corrected chi connectivity index (χ0v) is 8.07. The Kier molecular flexibility index (Phi) is 2.84. The average Bonchev–Trinajstić information content (AvgIpc) is 2.69. The smallest absolute Gasteiger partial charge is 0.0760 e. The lowest BCUT2D eigenvalue weighted by Gasteiger charge is -2.11. The molecular formula is C10H15N3O. The molecule has 14 heavy (non-hydrogen) atoms. The van der Waals surface area contributed by atoms with Crippen LogP contribution in [0, 0.1) is 5.92 Å². The van der Waals surface area contributed by atoms with Crippen LogP contribution in [0.25, 0.3) is 0 Å². The van der Waals surface area contributed by atoms with E-state index in [9.17, 15) is 0 Å². The number of nitrogens with one attached hydrogen (secondary N) is 1. The highest BCUT2D eigenvalue weighted by atomic mass is 16.5. The van der Waals surface area contributed by atoms with Crippen molar-refractivity contribution in [3.8, 4) is 0 Å². The molecule has 0 saturated carbocycles. The van der Waals surface area contributed by atoms with Crippen molar-refractivity contribution in [1.29, 1.82) is 0 Å². The number of nitrogens with zero attached hydrogens (tertiary/aromatic N) is 1. The fourth-order valence-corrected chi connectivity index (χ4v) is 1.55. The maximum absolute atomic E-state index is 5.77. The second-order valence-electron chi connectivity index (χ2n) is 3.57. The number of pyridine rings is 1. The van der Waals surface area contributed by atoms with Crippen LogP contribution in [-0.4, -0.2) is 24.7 Å². The quantitative estimate of drug-likeness (QED) is 0.755. The summed E-state index contributed by atoms with van der Waals surface area (Å²) in [7, 11) is 0. The monoisotopic (exact) mass is 193 g/mol. The number of hydrogen-bond acceptors (Lipinski definition) is 4. The fraction of sp³-hybridized carbons (Fsp3) is 0.500. The van der Waals surface area contributed by atoms with E-state index in [4.69, 9.17) is 10.5 Å². The first-order valence-corrected chi connectivity index (χ1v) is 4.87. The standard InChI is InChI=1S/C10H15N3O/c11-9-1-3-12-6-10(9)13-5-8-2-4-14-7-8/h1,3,6,8,13H,2,4-5,7H2,(H2,11,12). The van der Waals surface area contributed by atoms with Crippen molar-refractivity contribution in [2.24, 2.45) is 5.92 Å². The van der Waals surface area contributed by atoms with Gasteiger partial charge in [-0.15, -0.1) is 0 Å². The Bertz CT molecular complexity index is 297. The topological polar surface area (TPSA) is 60.2 Å². The molecule has 1 fully saturated rings. The summed E-state index contributed by atoms with van der Waals surface area (Å²) in [4.78, 5) is 4.02. The van der Waals surface area contributed by atoms with Gasteiger partial charge in [-0.2, -0.15) is 0 Å². The highest BCUT2D eigenvalue weighted by Crippen LogP contribution is 2.18. The molecule has 3 N–H and O–H groups in total. The molecule has 2 heterocycles. The van der Waals surface area contributed by atoms with Crippen molar-refractivity contribution in [1.82, 2.24) is 4.98 Å². The van der Waals surface area contributed by atoms with Crippen molar-refractivity contribution >= 4 is 11.4 Å². The van der Waals surface area contributed by atoms with Crippen LogP contribution in [-0.2, 0) is 4.74 Å². The van der Waals surface area contributed by atoms with Gasteiger partial charge in [0.1, 0.15) is 0 Å². The van der Waals surface area contributed by atoms with E-state index in [0.29, 0.717) is 5.92 Å². The highest BCUT2D eigenvalue weighted by molar-refractivity contribution is 5.63. The van der Waals surface area contributed by atoms with Crippen molar-refractivity contribution in [3.63, 3.8) is 0 Å². The van der Waals surface area contributed by atoms with Crippen molar-refractivity contribution in [2.75, 3.05) is 30.8 Å². The fourth-order valence-electron chi connectivity index (χ4n) is 1.55.